The first-order chi connectivity index (χ1) is 13.4. The first-order valence-electron chi connectivity index (χ1n) is 11.5. The Bertz CT molecular complexity index is 527. The average Bonchev–Trinajstić information content (AvgIpc) is 2.65. The molecule has 162 valence electrons. The molecule has 0 bridgehead atoms. The zero-order valence-corrected chi connectivity index (χ0v) is 18.7. The van der Waals surface area contributed by atoms with Gasteiger partial charge in [0.2, 0.25) is 0 Å². The third-order valence-corrected chi connectivity index (χ3v) is 5.91. The van der Waals surface area contributed by atoms with Crippen LogP contribution in [0.3, 0.4) is 0 Å². The SMILES string of the molecule is CCCCCCCCC(CCCCCc1ccc(F)c(F)c1)C(C)(C)OCC. The molecule has 0 heterocycles. The summed E-state index contributed by atoms with van der Waals surface area (Å²) in [5.74, 6) is -0.920. The predicted octanol–water partition coefficient (Wildman–Crippen LogP) is 8.25. The van der Waals surface area contributed by atoms with Gasteiger partial charge in [-0.25, -0.2) is 8.78 Å². The number of rotatable bonds is 16. The summed E-state index contributed by atoms with van der Waals surface area (Å²) in [5, 5.41) is 0. The minimum Gasteiger partial charge on any atom is -0.376 e. The van der Waals surface area contributed by atoms with E-state index in [0.29, 0.717) is 5.92 Å². The molecule has 0 saturated carbocycles. The van der Waals surface area contributed by atoms with Crippen LogP contribution in [0, 0.1) is 17.6 Å². The zero-order valence-electron chi connectivity index (χ0n) is 18.7. The molecule has 0 N–H and O–H groups in total. The Morgan fingerprint density at radius 1 is 0.821 bits per heavy atom. The standard InChI is InChI=1S/C25H42F2O/c1-5-7-8-9-10-13-16-22(25(3,4)28-6-2)17-14-11-12-15-21-18-19-23(26)24(27)20-21/h18-20,22H,5-17H2,1-4H3. The quantitative estimate of drug-likeness (QED) is 0.256. The minimum absolute atomic E-state index is 0.0712. The second-order valence-corrected chi connectivity index (χ2v) is 8.64. The Morgan fingerprint density at radius 3 is 2.04 bits per heavy atom. The summed E-state index contributed by atoms with van der Waals surface area (Å²) in [6.07, 6.45) is 14.5. The Morgan fingerprint density at radius 2 is 1.43 bits per heavy atom. The van der Waals surface area contributed by atoms with Gasteiger partial charge in [-0.15, -0.1) is 0 Å². The van der Waals surface area contributed by atoms with Crippen LogP contribution in [0.4, 0.5) is 8.78 Å². The van der Waals surface area contributed by atoms with E-state index < -0.39 is 11.6 Å². The van der Waals surface area contributed by atoms with Crippen molar-refractivity contribution < 1.29 is 13.5 Å². The predicted molar refractivity (Wildman–Crippen MR) is 116 cm³/mol. The molecule has 3 heteroatoms. The molecule has 28 heavy (non-hydrogen) atoms. The van der Waals surface area contributed by atoms with Gasteiger partial charge in [0.15, 0.2) is 11.6 Å². The lowest BCUT2D eigenvalue weighted by atomic mass is 9.82. The van der Waals surface area contributed by atoms with E-state index >= 15 is 0 Å². The normalized spacial score (nSPS) is 13.1. The van der Waals surface area contributed by atoms with Crippen molar-refractivity contribution in [3.63, 3.8) is 0 Å². The first-order valence-corrected chi connectivity index (χ1v) is 11.5. The summed E-state index contributed by atoms with van der Waals surface area (Å²) in [6.45, 7) is 9.56. The fraction of sp³-hybridized carbons (Fsp3) is 0.760. The molecule has 1 aromatic carbocycles. The van der Waals surface area contributed by atoms with Gasteiger partial charge in [0.05, 0.1) is 5.60 Å². The van der Waals surface area contributed by atoms with E-state index in [4.69, 9.17) is 4.74 Å². The molecule has 0 aliphatic carbocycles. The second kappa shape index (κ2) is 14.1. The van der Waals surface area contributed by atoms with E-state index in [1.54, 1.807) is 6.07 Å². The maximum Gasteiger partial charge on any atom is 0.159 e. The number of aryl methyl sites for hydroxylation is 1. The van der Waals surface area contributed by atoms with Crippen molar-refractivity contribution >= 4 is 0 Å². The number of unbranched alkanes of at least 4 members (excludes halogenated alkanes) is 7. The molecule has 0 fully saturated rings. The van der Waals surface area contributed by atoms with Crippen LogP contribution in [0.1, 0.15) is 104 Å². The highest BCUT2D eigenvalue weighted by molar-refractivity contribution is 5.17. The summed E-state index contributed by atoms with van der Waals surface area (Å²) in [4.78, 5) is 0. The number of benzene rings is 1. The monoisotopic (exact) mass is 396 g/mol. The molecule has 1 atom stereocenters. The second-order valence-electron chi connectivity index (χ2n) is 8.64. The van der Waals surface area contributed by atoms with E-state index in [9.17, 15) is 8.78 Å². The lowest BCUT2D eigenvalue weighted by Gasteiger charge is -2.34. The number of halogens is 2. The zero-order chi connectivity index (χ0) is 20.8. The fourth-order valence-electron chi connectivity index (χ4n) is 4.09. The van der Waals surface area contributed by atoms with Crippen molar-refractivity contribution in [2.75, 3.05) is 6.61 Å². The molecule has 0 amide bonds. The van der Waals surface area contributed by atoms with Gasteiger partial charge < -0.3 is 4.74 Å². The number of ether oxygens (including phenoxy) is 1. The van der Waals surface area contributed by atoms with Crippen LogP contribution in [-0.2, 0) is 11.2 Å². The van der Waals surface area contributed by atoms with Crippen LogP contribution >= 0.6 is 0 Å². The number of hydrogen-bond donors (Lipinski definition) is 0. The minimum atomic E-state index is -0.764. The van der Waals surface area contributed by atoms with Crippen molar-refractivity contribution in [2.45, 2.75) is 110 Å². The first kappa shape index (κ1) is 25.1. The maximum absolute atomic E-state index is 13.3. The van der Waals surface area contributed by atoms with Gasteiger partial charge in [0.25, 0.3) is 0 Å². The van der Waals surface area contributed by atoms with Crippen LogP contribution in [0.25, 0.3) is 0 Å². The summed E-state index contributed by atoms with van der Waals surface area (Å²) < 4.78 is 32.4. The molecule has 0 aliphatic rings. The van der Waals surface area contributed by atoms with Gasteiger partial charge in [0, 0.05) is 6.61 Å². The van der Waals surface area contributed by atoms with Gasteiger partial charge in [-0.05, 0) is 70.1 Å². The molecule has 0 saturated heterocycles. The van der Waals surface area contributed by atoms with E-state index in [0.717, 1.165) is 31.4 Å². The highest BCUT2D eigenvalue weighted by atomic mass is 19.2. The highest BCUT2D eigenvalue weighted by Crippen LogP contribution is 2.31. The van der Waals surface area contributed by atoms with Crippen LogP contribution in [0.2, 0.25) is 0 Å². The molecule has 0 spiro atoms. The summed E-state index contributed by atoms with van der Waals surface area (Å²) in [7, 11) is 0. The van der Waals surface area contributed by atoms with Crippen LogP contribution in [0.15, 0.2) is 18.2 Å². The Labute approximate surface area is 172 Å². The third-order valence-electron chi connectivity index (χ3n) is 5.91. The third kappa shape index (κ3) is 10.0. The van der Waals surface area contributed by atoms with E-state index in [1.807, 2.05) is 0 Å². The molecule has 1 unspecified atom stereocenters. The molecule has 1 nitrogen and oxygen atoms in total. The Balaban J connectivity index is 2.35. The highest BCUT2D eigenvalue weighted by Gasteiger charge is 2.28. The molecule has 0 aromatic heterocycles. The average molecular weight is 397 g/mol. The van der Waals surface area contributed by atoms with Gasteiger partial charge >= 0.3 is 0 Å². The van der Waals surface area contributed by atoms with Gasteiger partial charge in [-0.1, -0.05) is 64.4 Å². The van der Waals surface area contributed by atoms with E-state index in [-0.39, 0.29) is 5.60 Å². The molecule has 0 radical (unpaired) electrons. The topological polar surface area (TPSA) is 9.23 Å². The summed E-state index contributed by atoms with van der Waals surface area (Å²) in [5.41, 5.74) is 0.815. The lowest BCUT2D eigenvalue weighted by Crippen LogP contribution is -2.34. The van der Waals surface area contributed by atoms with Crippen LogP contribution in [0.5, 0.6) is 0 Å². The van der Waals surface area contributed by atoms with E-state index in [2.05, 4.69) is 27.7 Å². The van der Waals surface area contributed by atoms with E-state index in [1.165, 1.54) is 69.9 Å². The lowest BCUT2D eigenvalue weighted by molar-refractivity contribution is -0.0605. The molecular weight excluding hydrogens is 354 g/mol. The van der Waals surface area contributed by atoms with Crippen molar-refractivity contribution in [1.82, 2.24) is 0 Å². The maximum atomic E-state index is 13.3. The van der Waals surface area contributed by atoms with Crippen molar-refractivity contribution in [1.29, 1.82) is 0 Å². The van der Waals surface area contributed by atoms with Crippen molar-refractivity contribution in [3.05, 3.63) is 35.4 Å². The Hall–Kier alpha value is -0.960. The van der Waals surface area contributed by atoms with Crippen LogP contribution < -0.4 is 0 Å². The molecule has 1 aromatic rings. The Kier molecular flexibility index (Phi) is 12.6. The van der Waals surface area contributed by atoms with Gasteiger partial charge in [0.1, 0.15) is 0 Å². The molecular formula is C25H42F2O. The van der Waals surface area contributed by atoms with Crippen molar-refractivity contribution in [2.24, 2.45) is 5.92 Å². The largest absolute Gasteiger partial charge is 0.376 e. The van der Waals surface area contributed by atoms with Crippen molar-refractivity contribution in [3.8, 4) is 0 Å². The summed E-state index contributed by atoms with van der Waals surface area (Å²) in [6, 6.07) is 4.25. The smallest absolute Gasteiger partial charge is 0.159 e. The van der Waals surface area contributed by atoms with Gasteiger partial charge in [-0.3, -0.25) is 0 Å². The summed E-state index contributed by atoms with van der Waals surface area (Å²) >= 11 is 0. The molecule has 0 aliphatic heterocycles. The number of hydrogen-bond acceptors (Lipinski definition) is 1. The van der Waals surface area contributed by atoms with Crippen LogP contribution in [-0.4, -0.2) is 12.2 Å². The fourth-order valence-corrected chi connectivity index (χ4v) is 4.09. The van der Waals surface area contributed by atoms with Gasteiger partial charge in [-0.2, -0.15) is 0 Å². The molecule has 1 rings (SSSR count).